The number of carbonyl (C=O) groups is 3. The van der Waals surface area contributed by atoms with E-state index >= 15 is 0 Å². The molecule has 8 heteroatoms. The van der Waals surface area contributed by atoms with E-state index in [2.05, 4.69) is 37.9 Å². The van der Waals surface area contributed by atoms with Gasteiger partial charge in [-0.2, -0.15) is 0 Å². The maximum absolute atomic E-state index is 13.7. The van der Waals surface area contributed by atoms with Crippen molar-refractivity contribution in [1.82, 2.24) is 15.1 Å². The summed E-state index contributed by atoms with van der Waals surface area (Å²) in [5.41, 5.74) is 0.418. The molecule has 35 heavy (non-hydrogen) atoms. The molecular formula is C27H42N4O4. The van der Waals surface area contributed by atoms with Crippen LogP contribution >= 0.6 is 0 Å². The van der Waals surface area contributed by atoms with E-state index in [1.165, 1.54) is 0 Å². The van der Waals surface area contributed by atoms with Gasteiger partial charge in [-0.05, 0) is 42.7 Å². The summed E-state index contributed by atoms with van der Waals surface area (Å²) in [7, 11) is 1.58. The van der Waals surface area contributed by atoms with E-state index in [1.807, 2.05) is 35.2 Å². The van der Waals surface area contributed by atoms with Crippen molar-refractivity contribution in [1.29, 1.82) is 0 Å². The molecule has 8 nitrogen and oxygen atoms in total. The second-order valence-corrected chi connectivity index (χ2v) is 11.2. The van der Waals surface area contributed by atoms with Gasteiger partial charge in [0.2, 0.25) is 11.8 Å². The normalized spacial score (nSPS) is 18.8. The lowest BCUT2D eigenvalue weighted by Crippen LogP contribution is -2.57. The van der Waals surface area contributed by atoms with Gasteiger partial charge in [-0.25, -0.2) is 0 Å². The number of methoxy groups -OCH3 is 1. The van der Waals surface area contributed by atoms with Crippen LogP contribution in [0.4, 0.5) is 5.69 Å². The number of amides is 3. The van der Waals surface area contributed by atoms with E-state index in [9.17, 15) is 14.4 Å². The molecule has 3 rings (SSSR count). The Labute approximate surface area is 210 Å². The molecule has 2 aliphatic heterocycles. The zero-order valence-electron chi connectivity index (χ0n) is 22.0. The van der Waals surface area contributed by atoms with Crippen LogP contribution in [-0.4, -0.2) is 79.6 Å². The third kappa shape index (κ3) is 6.75. The number of benzene rings is 1. The number of anilines is 1. The standard InChI is InChI=1S/C27H42N4O4/c1-21(18-26(2,3)4)17-24(33)29-14-11-27(12-15-29)25(34)30(19-23(32)28-13-16-35-5)20-31(27)22-9-7-6-8-10-22/h6-10,21H,11-20H2,1-5H3,(H,28,32). The van der Waals surface area contributed by atoms with Crippen molar-refractivity contribution in [2.24, 2.45) is 11.3 Å². The minimum atomic E-state index is -0.734. The number of ether oxygens (including phenoxy) is 1. The fourth-order valence-electron chi connectivity index (χ4n) is 5.51. The van der Waals surface area contributed by atoms with Crippen molar-refractivity contribution in [3.8, 4) is 0 Å². The molecule has 1 aromatic rings. The molecule has 1 spiro atoms. The van der Waals surface area contributed by atoms with Crippen LogP contribution in [0.5, 0.6) is 0 Å². The quantitative estimate of drug-likeness (QED) is 0.543. The summed E-state index contributed by atoms with van der Waals surface area (Å²) >= 11 is 0. The highest BCUT2D eigenvalue weighted by molar-refractivity contribution is 5.96. The number of likely N-dealkylation sites (tertiary alicyclic amines) is 1. The Bertz CT molecular complexity index is 875. The fourth-order valence-corrected chi connectivity index (χ4v) is 5.51. The Morgan fingerprint density at radius 2 is 1.80 bits per heavy atom. The van der Waals surface area contributed by atoms with Crippen LogP contribution in [0.1, 0.15) is 53.4 Å². The Hall–Kier alpha value is -2.61. The smallest absolute Gasteiger partial charge is 0.250 e. The van der Waals surface area contributed by atoms with Gasteiger partial charge >= 0.3 is 0 Å². The first-order chi connectivity index (χ1) is 16.6. The monoisotopic (exact) mass is 486 g/mol. The summed E-state index contributed by atoms with van der Waals surface area (Å²) in [6, 6.07) is 9.88. The largest absolute Gasteiger partial charge is 0.383 e. The van der Waals surface area contributed by atoms with Crippen LogP contribution in [-0.2, 0) is 19.1 Å². The van der Waals surface area contributed by atoms with Crippen molar-refractivity contribution in [2.45, 2.75) is 58.9 Å². The van der Waals surface area contributed by atoms with Gasteiger partial charge in [-0.1, -0.05) is 45.9 Å². The number of piperidine rings is 1. The van der Waals surface area contributed by atoms with Crippen molar-refractivity contribution in [3.63, 3.8) is 0 Å². The average molecular weight is 487 g/mol. The summed E-state index contributed by atoms with van der Waals surface area (Å²) < 4.78 is 4.99. The average Bonchev–Trinajstić information content (AvgIpc) is 3.05. The highest BCUT2D eigenvalue weighted by Crippen LogP contribution is 2.39. The lowest BCUT2D eigenvalue weighted by molar-refractivity contribution is -0.140. The minimum absolute atomic E-state index is 0.0145. The number of hydrogen-bond acceptors (Lipinski definition) is 5. The van der Waals surface area contributed by atoms with Crippen molar-refractivity contribution in [3.05, 3.63) is 30.3 Å². The number of nitrogens with zero attached hydrogens (tertiary/aromatic N) is 3. The Kier molecular flexibility index (Phi) is 8.80. The molecule has 2 aliphatic rings. The first-order valence-corrected chi connectivity index (χ1v) is 12.7. The maximum atomic E-state index is 13.7. The molecule has 1 N–H and O–H groups in total. The van der Waals surface area contributed by atoms with Crippen molar-refractivity contribution < 1.29 is 19.1 Å². The summed E-state index contributed by atoms with van der Waals surface area (Å²) in [4.78, 5) is 44.9. The third-order valence-electron chi connectivity index (χ3n) is 6.97. The molecule has 0 aliphatic carbocycles. The zero-order chi connectivity index (χ0) is 25.6. The molecule has 0 aromatic heterocycles. The van der Waals surface area contributed by atoms with Crippen LogP contribution in [0.3, 0.4) is 0 Å². The Morgan fingerprint density at radius 3 is 2.40 bits per heavy atom. The van der Waals surface area contributed by atoms with Gasteiger partial charge < -0.3 is 24.8 Å². The second-order valence-electron chi connectivity index (χ2n) is 11.2. The van der Waals surface area contributed by atoms with Crippen LogP contribution in [0.2, 0.25) is 0 Å². The predicted octanol–water partition coefficient (Wildman–Crippen LogP) is 2.88. The molecule has 1 unspecified atom stereocenters. The summed E-state index contributed by atoms with van der Waals surface area (Å²) in [5.74, 6) is 0.263. The van der Waals surface area contributed by atoms with Gasteiger partial charge in [-0.15, -0.1) is 0 Å². The SMILES string of the molecule is COCCNC(=O)CN1CN(c2ccccc2)C2(CCN(C(=O)CC(C)CC(C)(C)C)CC2)C1=O. The zero-order valence-corrected chi connectivity index (χ0v) is 22.0. The van der Waals surface area contributed by atoms with Crippen LogP contribution in [0.25, 0.3) is 0 Å². The van der Waals surface area contributed by atoms with Crippen molar-refractivity contribution >= 4 is 23.4 Å². The van der Waals surface area contributed by atoms with Crippen molar-refractivity contribution in [2.75, 3.05) is 51.5 Å². The molecular weight excluding hydrogens is 444 g/mol. The number of carbonyl (C=O) groups excluding carboxylic acids is 3. The Morgan fingerprint density at radius 1 is 1.14 bits per heavy atom. The van der Waals surface area contributed by atoms with E-state index in [0.29, 0.717) is 58.1 Å². The van der Waals surface area contributed by atoms with Crippen LogP contribution in [0.15, 0.2) is 30.3 Å². The molecule has 3 amide bonds. The lowest BCUT2D eigenvalue weighted by atomic mass is 9.83. The maximum Gasteiger partial charge on any atom is 0.250 e. The second kappa shape index (κ2) is 11.4. The number of para-hydroxylation sites is 1. The first-order valence-electron chi connectivity index (χ1n) is 12.7. The molecule has 1 atom stereocenters. The van der Waals surface area contributed by atoms with E-state index in [0.717, 1.165) is 12.1 Å². The van der Waals surface area contributed by atoms with E-state index < -0.39 is 5.54 Å². The van der Waals surface area contributed by atoms with Gasteiger partial charge in [0.25, 0.3) is 5.91 Å². The third-order valence-corrected chi connectivity index (χ3v) is 6.97. The molecule has 2 fully saturated rings. The van der Waals surface area contributed by atoms with Gasteiger partial charge in [0.05, 0.1) is 13.3 Å². The summed E-state index contributed by atoms with van der Waals surface area (Å²) in [6.45, 7) is 11.0. The predicted molar refractivity (Wildman–Crippen MR) is 137 cm³/mol. The topological polar surface area (TPSA) is 82.2 Å². The van der Waals surface area contributed by atoms with Gasteiger partial charge in [0, 0.05) is 38.9 Å². The van der Waals surface area contributed by atoms with E-state index in [4.69, 9.17) is 4.74 Å². The van der Waals surface area contributed by atoms with E-state index in [-0.39, 0.29) is 29.7 Å². The van der Waals surface area contributed by atoms with Gasteiger partial charge in [0.15, 0.2) is 0 Å². The molecule has 2 heterocycles. The molecule has 0 radical (unpaired) electrons. The number of nitrogens with one attached hydrogen (secondary N) is 1. The highest BCUT2D eigenvalue weighted by Gasteiger charge is 2.54. The van der Waals surface area contributed by atoms with Crippen LogP contribution in [0, 0.1) is 11.3 Å². The molecule has 194 valence electrons. The first kappa shape index (κ1) is 27.0. The molecule has 2 saturated heterocycles. The summed E-state index contributed by atoms with van der Waals surface area (Å²) in [5, 5.41) is 2.80. The minimum Gasteiger partial charge on any atom is -0.383 e. The summed E-state index contributed by atoms with van der Waals surface area (Å²) in [6.07, 6.45) is 2.65. The highest BCUT2D eigenvalue weighted by atomic mass is 16.5. The van der Waals surface area contributed by atoms with Gasteiger partial charge in [0.1, 0.15) is 12.1 Å². The van der Waals surface area contributed by atoms with E-state index in [1.54, 1.807) is 12.0 Å². The molecule has 1 aromatic carbocycles. The molecule has 0 bridgehead atoms. The van der Waals surface area contributed by atoms with Gasteiger partial charge in [-0.3, -0.25) is 14.4 Å². The Balaban J connectivity index is 1.70. The van der Waals surface area contributed by atoms with Crippen LogP contribution < -0.4 is 10.2 Å². The fraction of sp³-hybridized carbons (Fsp3) is 0.667. The number of rotatable bonds is 9. The lowest BCUT2D eigenvalue weighted by Gasteiger charge is -2.43. The molecule has 0 saturated carbocycles. The number of hydrogen-bond donors (Lipinski definition) is 1.